The van der Waals surface area contributed by atoms with Gasteiger partial charge in [0.15, 0.2) is 0 Å². The van der Waals surface area contributed by atoms with Crippen LogP contribution in [0.5, 0.6) is 0 Å². The van der Waals surface area contributed by atoms with Crippen LogP contribution in [0.15, 0.2) is 70.8 Å². The molecule has 0 spiro atoms. The predicted molar refractivity (Wildman–Crippen MR) is 93.1 cm³/mol. The molecule has 3 aromatic rings. The SMILES string of the molecule is CON=C(Cn1cncn1)c1ccc(-c2ccc(Br)cc2)cc1. The number of oxime groups is 1. The molecule has 0 radical (unpaired) electrons. The zero-order valence-electron chi connectivity index (χ0n) is 12.6. The molecule has 23 heavy (non-hydrogen) atoms. The fraction of sp³-hybridized carbons (Fsp3) is 0.118. The molecule has 1 aromatic heterocycles. The molecule has 1 heterocycles. The zero-order valence-corrected chi connectivity index (χ0v) is 14.1. The van der Waals surface area contributed by atoms with Gasteiger partial charge in [-0.05, 0) is 23.3 Å². The lowest BCUT2D eigenvalue weighted by Gasteiger charge is -2.08. The van der Waals surface area contributed by atoms with Gasteiger partial charge in [0.1, 0.15) is 25.5 Å². The molecule has 6 heteroatoms. The third kappa shape index (κ3) is 3.84. The number of halogens is 1. The molecule has 0 aliphatic rings. The van der Waals surface area contributed by atoms with Crippen LogP contribution < -0.4 is 0 Å². The van der Waals surface area contributed by atoms with Crippen LogP contribution in [-0.2, 0) is 11.4 Å². The first-order chi connectivity index (χ1) is 11.3. The van der Waals surface area contributed by atoms with E-state index in [4.69, 9.17) is 4.84 Å². The van der Waals surface area contributed by atoms with E-state index in [9.17, 15) is 0 Å². The molecule has 0 amide bonds. The second kappa shape index (κ2) is 7.19. The van der Waals surface area contributed by atoms with E-state index in [-0.39, 0.29) is 0 Å². The van der Waals surface area contributed by atoms with E-state index in [1.54, 1.807) is 11.0 Å². The Morgan fingerprint density at radius 2 is 1.74 bits per heavy atom. The van der Waals surface area contributed by atoms with Gasteiger partial charge in [-0.1, -0.05) is 57.5 Å². The van der Waals surface area contributed by atoms with Crippen molar-refractivity contribution in [2.24, 2.45) is 5.16 Å². The Hall–Kier alpha value is -2.47. The third-order valence-electron chi connectivity index (χ3n) is 3.38. The van der Waals surface area contributed by atoms with Gasteiger partial charge in [-0.25, -0.2) is 9.67 Å². The van der Waals surface area contributed by atoms with E-state index in [1.807, 2.05) is 24.3 Å². The van der Waals surface area contributed by atoms with Crippen molar-refractivity contribution in [3.63, 3.8) is 0 Å². The molecule has 3 rings (SSSR count). The van der Waals surface area contributed by atoms with E-state index < -0.39 is 0 Å². The average molecular weight is 371 g/mol. The monoisotopic (exact) mass is 370 g/mol. The van der Waals surface area contributed by atoms with Gasteiger partial charge in [-0.15, -0.1) is 0 Å². The molecule has 0 aliphatic heterocycles. The molecular weight excluding hydrogens is 356 g/mol. The maximum atomic E-state index is 4.96. The van der Waals surface area contributed by atoms with Gasteiger partial charge in [-0.3, -0.25) is 0 Å². The molecule has 0 aliphatic carbocycles. The number of nitrogens with zero attached hydrogens (tertiary/aromatic N) is 4. The van der Waals surface area contributed by atoms with Crippen LogP contribution in [-0.4, -0.2) is 27.6 Å². The molecule has 0 saturated heterocycles. The molecule has 0 N–H and O–H groups in total. The summed E-state index contributed by atoms with van der Waals surface area (Å²) in [5, 5.41) is 8.21. The van der Waals surface area contributed by atoms with Gasteiger partial charge in [-0.2, -0.15) is 5.10 Å². The van der Waals surface area contributed by atoms with Gasteiger partial charge >= 0.3 is 0 Å². The van der Waals surface area contributed by atoms with Crippen LogP contribution in [0.1, 0.15) is 5.56 Å². The second-order valence-electron chi connectivity index (χ2n) is 4.90. The highest BCUT2D eigenvalue weighted by Crippen LogP contribution is 2.22. The highest BCUT2D eigenvalue weighted by Gasteiger charge is 2.07. The predicted octanol–water partition coefficient (Wildman–Crippen LogP) is 3.76. The van der Waals surface area contributed by atoms with Crippen molar-refractivity contribution in [3.8, 4) is 11.1 Å². The van der Waals surface area contributed by atoms with Gasteiger partial charge in [0, 0.05) is 10.0 Å². The first-order valence-corrected chi connectivity index (χ1v) is 7.84. The Kier molecular flexibility index (Phi) is 4.83. The van der Waals surface area contributed by atoms with Crippen LogP contribution in [0.4, 0.5) is 0 Å². The van der Waals surface area contributed by atoms with Gasteiger partial charge in [0.05, 0.1) is 6.54 Å². The minimum Gasteiger partial charge on any atom is -0.399 e. The lowest BCUT2D eigenvalue weighted by atomic mass is 10.0. The quantitative estimate of drug-likeness (QED) is 0.507. The van der Waals surface area contributed by atoms with E-state index in [1.165, 1.54) is 19.0 Å². The smallest absolute Gasteiger partial charge is 0.137 e. The second-order valence-corrected chi connectivity index (χ2v) is 5.81. The van der Waals surface area contributed by atoms with Crippen LogP contribution in [0, 0.1) is 0 Å². The molecule has 116 valence electrons. The fourth-order valence-electron chi connectivity index (χ4n) is 2.25. The topological polar surface area (TPSA) is 52.3 Å². The van der Waals surface area contributed by atoms with Crippen LogP contribution in [0.25, 0.3) is 11.1 Å². The average Bonchev–Trinajstić information content (AvgIpc) is 3.09. The summed E-state index contributed by atoms with van der Waals surface area (Å²) < 4.78 is 2.78. The first kappa shape index (κ1) is 15.4. The summed E-state index contributed by atoms with van der Waals surface area (Å²) >= 11 is 3.45. The number of hydrogen-bond donors (Lipinski definition) is 0. The molecule has 0 saturated carbocycles. The van der Waals surface area contributed by atoms with Crippen molar-refractivity contribution in [1.82, 2.24) is 14.8 Å². The lowest BCUT2D eigenvalue weighted by molar-refractivity contribution is 0.212. The Bertz CT molecular complexity index is 780. The third-order valence-corrected chi connectivity index (χ3v) is 3.90. The summed E-state index contributed by atoms with van der Waals surface area (Å²) in [4.78, 5) is 8.90. The number of rotatable bonds is 5. The van der Waals surface area contributed by atoms with E-state index >= 15 is 0 Å². The molecule has 2 aromatic carbocycles. The molecular formula is C17H15BrN4O. The normalized spacial score (nSPS) is 11.5. The summed E-state index contributed by atoms with van der Waals surface area (Å²) in [6, 6.07) is 16.4. The van der Waals surface area contributed by atoms with Crippen LogP contribution in [0.2, 0.25) is 0 Å². The summed E-state index contributed by atoms with van der Waals surface area (Å²) in [6.07, 6.45) is 3.16. The Morgan fingerprint density at radius 3 is 2.30 bits per heavy atom. The van der Waals surface area contributed by atoms with E-state index in [0.29, 0.717) is 6.54 Å². The van der Waals surface area contributed by atoms with Crippen LogP contribution in [0.3, 0.4) is 0 Å². The molecule has 0 fully saturated rings. The Balaban J connectivity index is 1.84. The molecule has 0 unspecified atom stereocenters. The molecule has 0 atom stereocenters. The first-order valence-electron chi connectivity index (χ1n) is 7.05. The highest BCUT2D eigenvalue weighted by atomic mass is 79.9. The largest absolute Gasteiger partial charge is 0.399 e. The minimum atomic E-state index is 0.505. The minimum absolute atomic E-state index is 0.505. The highest BCUT2D eigenvalue weighted by molar-refractivity contribution is 9.10. The molecule has 5 nitrogen and oxygen atoms in total. The van der Waals surface area contributed by atoms with E-state index in [2.05, 4.69) is 55.4 Å². The summed E-state index contributed by atoms with van der Waals surface area (Å²) in [6.45, 7) is 0.505. The van der Waals surface area contributed by atoms with Crippen LogP contribution >= 0.6 is 15.9 Å². The molecule has 0 bridgehead atoms. The summed E-state index contributed by atoms with van der Waals surface area (Å²) in [5.41, 5.74) is 4.10. The van der Waals surface area contributed by atoms with Crippen molar-refractivity contribution in [3.05, 3.63) is 71.2 Å². The van der Waals surface area contributed by atoms with Crippen molar-refractivity contribution in [2.75, 3.05) is 7.11 Å². The van der Waals surface area contributed by atoms with Gasteiger partial charge in [0.2, 0.25) is 0 Å². The van der Waals surface area contributed by atoms with Crippen molar-refractivity contribution < 1.29 is 4.84 Å². The summed E-state index contributed by atoms with van der Waals surface area (Å²) in [7, 11) is 1.54. The number of hydrogen-bond acceptors (Lipinski definition) is 4. The van der Waals surface area contributed by atoms with Crippen molar-refractivity contribution in [2.45, 2.75) is 6.54 Å². The maximum Gasteiger partial charge on any atom is 0.137 e. The Morgan fingerprint density at radius 1 is 1.09 bits per heavy atom. The van der Waals surface area contributed by atoms with Gasteiger partial charge in [0.25, 0.3) is 0 Å². The Labute approximate surface area is 142 Å². The van der Waals surface area contributed by atoms with Crippen molar-refractivity contribution >= 4 is 21.6 Å². The zero-order chi connectivity index (χ0) is 16.1. The fourth-order valence-corrected chi connectivity index (χ4v) is 2.51. The lowest BCUT2D eigenvalue weighted by Crippen LogP contribution is -2.12. The number of aromatic nitrogens is 3. The standard InChI is InChI=1S/C17H15BrN4O/c1-23-21-17(10-22-12-19-11-20-22)15-4-2-13(3-5-15)14-6-8-16(18)9-7-14/h2-9,11-12H,10H2,1H3. The maximum absolute atomic E-state index is 4.96. The van der Waals surface area contributed by atoms with E-state index in [0.717, 1.165) is 21.3 Å². The van der Waals surface area contributed by atoms with Crippen molar-refractivity contribution in [1.29, 1.82) is 0 Å². The summed E-state index contributed by atoms with van der Waals surface area (Å²) in [5.74, 6) is 0. The number of benzene rings is 2. The van der Waals surface area contributed by atoms with Gasteiger partial charge < -0.3 is 4.84 Å².